The maximum absolute atomic E-state index is 12.5. The first-order chi connectivity index (χ1) is 13.7. The van der Waals surface area contributed by atoms with Crippen LogP contribution in [0, 0.1) is 0 Å². The van der Waals surface area contributed by atoms with Crippen LogP contribution in [0.1, 0.15) is 72.2 Å². The van der Waals surface area contributed by atoms with Crippen LogP contribution in [0.3, 0.4) is 0 Å². The number of hydrogen-bond acceptors (Lipinski definition) is 5. The first kappa shape index (κ1) is 27.5. The van der Waals surface area contributed by atoms with Crippen molar-refractivity contribution in [3.63, 3.8) is 0 Å². The summed E-state index contributed by atoms with van der Waals surface area (Å²) in [5, 5.41) is 13.0. The lowest BCUT2D eigenvalue weighted by atomic mass is 10.1. The number of aromatic amines is 1. The largest absolute Gasteiger partial charge is 0.493 e. The number of pyridine rings is 1. The van der Waals surface area contributed by atoms with Crippen LogP contribution in [0.5, 0.6) is 11.5 Å². The lowest BCUT2D eigenvalue weighted by molar-refractivity contribution is 0.0918. The van der Waals surface area contributed by atoms with Gasteiger partial charge in [0.15, 0.2) is 11.5 Å². The van der Waals surface area contributed by atoms with Crippen LogP contribution < -0.4 is 20.3 Å². The van der Waals surface area contributed by atoms with Crippen molar-refractivity contribution in [1.29, 1.82) is 0 Å². The average molecular weight is 423 g/mol. The highest BCUT2D eigenvalue weighted by molar-refractivity contribution is 5.98. The van der Waals surface area contributed by atoms with Gasteiger partial charge in [0.05, 0.1) is 19.2 Å². The second-order valence-electron chi connectivity index (χ2n) is 7.49. The van der Waals surface area contributed by atoms with E-state index in [1.165, 1.54) is 13.2 Å². The zero-order valence-corrected chi connectivity index (χ0v) is 18.5. The molecule has 1 aromatic heterocycles. The molecule has 2 rings (SSSR count). The average Bonchev–Trinajstić information content (AvgIpc) is 2.67. The third-order valence-electron chi connectivity index (χ3n) is 3.99. The molecular formula is C23H38N2O5. The van der Waals surface area contributed by atoms with Gasteiger partial charge in [0.1, 0.15) is 11.7 Å². The summed E-state index contributed by atoms with van der Waals surface area (Å²) in [6.07, 6.45) is 1.08. The molecule has 0 spiro atoms. The Bertz CT molecular complexity index is 868. The van der Waals surface area contributed by atoms with E-state index in [-0.39, 0.29) is 19.6 Å². The zero-order chi connectivity index (χ0) is 22.2. The van der Waals surface area contributed by atoms with Crippen molar-refractivity contribution >= 4 is 16.8 Å². The van der Waals surface area contributed by atoms with Crippen molar-refractivity contribution in [1.82, 2.24) is 10.3 Å². The number of ether oxygens (including phenoxy) is 2. The summed E-state index contributed by atoms with van der Waals surface area (Å²) < 4.78 is 11.3. The number of carbonyl (C=O) groups excluding carboxylic acids is 1. The fourth-order valence-electron chi connectivity index (χ4n) is 2.76. The molecule has 1 atom stereocenters. The molecule has 30 heavy (non-hydrogen) atoms. The Labute approximate surface area is 179 Å². The van der Waals surface area contributed by atoms with Gasteiger partial charge in [0.2, 0.25) is 0 Å². The van der Waals surface area contributed by atoms with E-state index in [4.69, 9.17) is 9.47 Å². The molecule has 1 aromatic carbocycles. The number of aromatic nitrogens is 1. The number of aliphatic hydroxyl groups excluding tert-OH is 1. The monoisotopic (exact) mass is 422 g/mol. The molecule has 0 bridgehead atoms. The van der Waals surface area contributed by atoms with Crippen LogP contribution in [0.4, 0.5) is 0 Å². The van der Waals surface area contributed by atoms with E-state index in [0.717, 1.165) is 6.42 Å². The van der Waals surface area contributed by atoms with Crippen molar-refractivity contribution in [3.05, 3.63) is 34.1 Å². The van der Waals surface area contributed by atoms with Crippen molar-refractivity contribution in [3.8, 4) is 11.5 Å². The summed E-state index contributed by atoms with van der Waals surface area (Å²) in [7, 11) is 1.51. The summed E-state index contributed by atoms with van der Waals surface area (Å²) in [6, 6.07) is 5.00. The molecule has 7 nitrogen and oxygen atoms in total. The van der Waals surface area contributed by atoms with Gasteiger partial charge in [-0.1, -0.05) is 34.6 Å². The lowest BCUT2D eigenvalue weighted by Crippen LogP contribution is -2.42. The minimum atomic E-state index is -0.515. The van der Waals surface area contributed by atoms with Crippen LogP contribution in [0.25, 0.3) is 10.9 Å². The van der Waals surface area contributed by atoms with Crippen LogP contribution >= 0.6 is 0 Å². The first-order valence-electron chi connectivity index (χ1n) is 10.0. The van der Waals surface area contributed by atoms with E-state index in [1.807, 2.05) is 41.5 Å². The number of rotatable bonds is 7. The smallest absolute Gasteiger partial charge is 0.261 e. The van der Waals surface area contributed by atoms with E-state index < -0.39 is 23.1 Å². The summed E-state index contributed by atoms with van der Waals surface area (Å²) in [6.45, 7) is 11.4. The van der Waals surface area contributed by atoms with Gasteiger partial charge < -0.3 is 24.9 Å². The SMILES string of the molecule is C.CC.CCCC(CO)Oc1c(OC)ccc2cc(C(=O)NC(C)(C)C)c(=O)[nH]c12. The third-order valence-corrected chi connectivity index (χ3v) is 3.99. The number of amides is 1. The van der Waals surface area contributed by atoms with Gasteiger partial charge in [-0.25, -0.2) is 0 Å². The molecular weight excluding hydrogens is 384 g/mol. The minimum Gasteiger partial charge on any atom is -0.493 e. The fraction of sp³-hybridized carbons (Fsp3) is 0.565. The Balaban J connectivity index is 0.00000272. The van der Waals surface area contributed by atoms with Gasteiger partial charge in [0.25, 0.3) is 11.5 Å². The van der Waals surface area contributed by atoms with Gasteiger partial charge in [0, 0.05) is 10.9 Å². The molecule has 0 fully saturated rings. The predicted molar refractivity (Wildman–Crippen MR) is 123 cm³/mol. The summed E-state index contributed by atoms with van der Waals surface area (Å²) >= 11 is 0. The number of benzene rings is 1. The molecule has 0 saturated heterocycles. The topological polar surface area (TPSA) is 101 Å². The number of aliphatic hydroxyl groups is 1. The van der Waals surface area contributed by atoms with Gasteiger partial charge in [-0.2, -0.15) is 0 Å². The maximum atomic E-state index is 12.5. The molecule has 0 saturated carbocycles. The van der Waals surface area contributed by atoms with E-state index in [0.29, 0.717) is 28.8 Å². The molecule has 0 aliphatic carbocycles. The van der Waals surface area contributed by atoms with Crippen LogP contribution in [-0.4, -0.2) is 41.4 Å². The second kappa shape index (κ2) is 12.2. The summed E-state index contributed by atoms with van der Waals surface area (Å²) in [4.78, 5) is 27.7. The predicted octanol–water partition coefficient (Wildman–Crippen LogP) is 4.27. The molecule has 0 aliphatic heterocycles. The molecule has 170 valence electrons. The van der Waals surface area contributed by atoms with Crippen molar-refractivity contribution in [2.24, 2.45) is 0 Å². The highest BCUT2D eigenvalue weighted by Crippen LogP contribution is 2.35. The number of carbonyl (C=O) groups is 1. The zero-order valence-electron chi connectivity index (χ0n) is 18.5. The molecule has 1 unspecified atom stereocenters. The molecule has 1 amide bonds. The van der Waals surface area contributed by atoms with Crippen molar-refractivity contribution in [2.45, 2.75) is 73.5 Å². The van der Waals surface area contributed by atoms with Crippen LogP contribution in [0.2, 0.25) is 0 Å². The summed E-state index contributed by atoms with van der Waals surface area (Å²) in [5.41, 5.74) is -0.512. The molecule has 2 aromatic rings. The highest BCUT2D eigenvalue weighted by Gasteiger charge is 2.21. The Morgan fingerprint density at radius 3 is 2.40 bits per heavy atom. The molecule has 0 radical (unpaired) electrons. The third kappa shape index (κ3) is 7.06. The summed E-state index contributed by atoms with van der Waals surface area (Å²) in [5.74, 6) is 0.352. The second-order valence-corrected chi connectivity index (χ2v) is 7.49. The van der Waals surface area contributed by atoms with E-state index in [9.17, 15) is 14.7 Å². The van der Waals surface area contributed by atoms with Crippen LogP contribution in [-0.2, 0) is 0 Å². The van der Waals surface area contributed by atoms with Gasteiger partial charge in [-0.15, -0.1) is 0 Å². The molecule has 0 aliphatic rings. The van der Waals surface area contributed by atoms with E-state index in [1.54, 1.807) is 12.1 Å². The number of nitrogens with one attached hydrogen (secondary N) is 2. The number of hydrogen-bond donors (Lipinski definition) is 3. The van der Waals surface area contributed by atoms with Gasteiger partial charge >= 0.3 is 0 Å². The Kier molecular flexibility index (Phi) is 11.2. The Hall–Kier alpha value is -2.54. The van der Waals surface area contributed by atoms with Crippen molar-refractivity contribution < 1.29 is 19.4 Å². The Morgan fingerprint density at radius 2 is 1.90 bits per heavy atom. The molecule has 3 N–H and O–H groups in total. The Morgan fingerprint density at radius 1 is 1.27 bits per heavy atom. The van der Waals surface area contributed by atoms with Crippen molar-refractivity contribution in [2.75, 3.05) is 13.7 Å². The van der Waals surface area contributed by atoms with Gasteiger partial charge in [-0.3, -0.25) is 9.59 Å². The molecule has 1 heterocycles. The highest BCUT2D eigenvalue weighted by atomic mass is 16.5. The van der Waals surface area contributed by atoms with E-state index in [2.05, 4.69) is 10.3 Å². The fourth-order valence-corrected chi connectivity index (χ4v) is 2.76. The van der Waals surface area contributed by atoms with E-state index >= 15 is 0 Å². The van der Waals surface area contributed by atoms with Gasteiger partial charge in [-0.05, 0) is 45.4 Å². The number of H-pyrrole nitrogens is 1. The quantitative estimate of drug-likeness (QED) is 0.619. The normalized spacial score (nSPS) is 11.6. The first-order valence-corrected chi connectivity index (χ1v) is 10.0. The van der Waals surface area contributed by atoms with Crippen LogP contribution in [0.15, 0.2) is 23.0 Å². The molecule has 7 heteroatoms. The minimum absolute atomic E-state index is 0. The lowest BCUT2D eigenvalue weighted by Gasteiger charge is -2.21. The maximum Gasteiger partial charge on any atom is 0.261 e. The number of methoxy groups -OCH3 is 1. The number of fused-ring (bicyclic) bond motifs is 1. The standard InChI is InChI=1S/C20H28N2O5.C2H6.CH4/c1-6-7-13(11-23)27-17-15(26-5)9-8-12-10-14(18(24)21-16(12)17)19(25)22-20(2,3)4;1-2;/h8-10,13,23H,6-7,11H2,1-5H3,(H,21,24)(H,22,25);1-2H3;1H4.